The Morgan fingerprint density at radius 1 is 1.21 bits per heavy atom. The van der Waals surface area contributed by atoms with Crippen molar-refractivity contribution in [1.82, 2.24) is 9.88 Å². The number of aromatic nitrogens is 1. The van der Waals surface area contributed by atoms with Crippen molar-refractivity contribution in [2.75, 3.05) is 13.1 Å². The molecule has 0 bridgehead atoms. The van der Waals surface area contributed by atoms with E-state index in [0.717, 1.165) is 11.3 Å². The van der Waals surface area contributed by atoms with Gasteiger partial charge in [0.15, 0.2) is 5.69 Å². The minimum atomic E-state index is -4.69. The van der Waals surface area contributed by atoms with Gasteiger partial charge in [0.2, 0.25) is 0 Å². The fourth-order valence-electron chi connectivity index (χ4n) is 2.57. The number of benzene rings is 1. The molecule has 3 rings (SSSR count). The highest BCUT2D eigenvalue weighted by Gasteiger charge is 2.41. The van der Waals surface area contributed by atoms with Crippen LogP contribution in [0.2, 0.25) is 0 Å². The topological polar surface area (TPSA) is 53.4 Å². The highest BCUT2D eigenvalue weighted by Crippen LogP contribution is 2.38. The number of carbonyl (C=O) groups is 1. The highest BCUT2D eigenvalue weighted by atomic mass is 32.1. The van der Waals surface area contributed by atoms with Crippen LogP contribution in [-0.2, 0) is 6.18 Å². The van der Waals surface area contributed by atoms with Gasteiger partial charge in [-0.25, -0.2) is 4.98 Å². The monoisotopic (exact) mass is 356 g/mol. The van der Waals surface area contributed by atoms with E-state index in [1.54, 1.807) is 30.3 Å². The van der Waals surface area contributed by atoms with Crippen LogP contribution >= 0.6 is 11.3 Å². The second-order valence-electron chi connectivity index (χ2n) is 5.58. The van der Waals surface area contributed by atoms with Gasteiger partial charge in [0.1, 0.15) is 9.88 Å². The van der Waals surface area contributed by atoms with Crippen LogP contribution in [0.15, 0.2) is 30.3 Å². The van der Waals surface area contributed by atoms with Crippen LogP contribution in [0.1, 0.15) is 28.2 Å². The molecule has 24 heavy (non-hydrogen) atoms. The van der Waals surface area contributed by atoms with E-state index in [1.165, 1.54) is 4.90 Å². The lowest BCUT2D eigenvalue weighted by atomic mass is 10.1. The number of hydrogen-bond donors (Lipinski definition) is 1. The van der Waals surface area contributed by atoms with Crippen LogP contribution < -0.4 is 0 Å². The van der Waals surface area contributed by atoms with Gasteiger partial charge >= 0.3 is 6.18 Å². The number of hydrogen-bond acceptors (Lipinski definition) is 4. The summed E-state index contributed by atoms with van der Waals surface area (Å²) < 4.78 is 39.9. The van der Waals surface area contributed by atoms with Crippen LogP contribution in [0.4, 0.5) is 13.2 Å². The number of likely N-dealkylation sites (tertiary alicyclic amines) is 1. The molecule has 0 unspecified atom stereocenters. The van der Waals surface area contributed by atoms with E-state index >= 15 is 0 Å². The first kappa shape index (κ1) is 16.9. The van der Waals surface area contributed by atoms with Crippen molar-refractivity contribution in [2.24, 2.45) is 0 Å². The van der Waals surface area contributed by atoms with Crippen LogP contribution in [0.3, 0.4) is 0 Å². The molecular weight excluding hydrogens is 341 g/mol. The molecule has 1 fully saturated rings. The van der Waals surface area contributed by atoms with Crippen molar-refractivity contribution in [1.29, 1.82) is 0 Å². The maximum atomic E-state index is 13.3. The lowest BCUT2D eigenvalue weighted by Crippen LogP contribution is -2.40. The number of piperidine rings is 1. The predicted molar refractivity (Wildman–Crippen MR) is 83.7 cm³/mol. The third-order valence-electron chi connectivity index (χ3n) is 3.86. The summed E-state index contributed by atoms with van der Waals surface area (Å²) in [5, 5.41) is 9.66. The van der Waals surface area contributed by atoms with Crippen molar-refractivity contribution in [3.63, 3.8) is 0 Å². The summed E-state index contributed by atoms with van der Waals surface area (Å²) in [5.74, 6) is -0.672. The molecule has 0 saturated carbocycles. The number of aliphatic hydroxyl groups excluding tert-OH is 1. The first-order valence-electron chi connectivity index (χ1n) is 7.47. The standard InChI is InChI=1S/C16H15F3N2O2S/c17-16(18,19)13-12(15(23)21-8-6-11(22)7-9-21)24-14(20-13)10-4-2-1-3-5-10/h1-5,11,22H,6-9H2. The summed E-state index contributed by atoms with van der Waals surface area (Å²) >= 11 is 0.757. The van der Waals surface area contributed by atoms with Crippen LogP contribution in [-0.4, -0.2) is 40.1 Å². The number of alkyl halides is 3. The lowest BCUT2D eigenvalue weighted by Gasteiger charge is -2.29. The Morgan fingerprint density at radius 3 is 2.42 bits per heavy atom. The SMILES string of the molecule is O=C(c1sc(-c2ccccc2)nc1C(F)(F)F)N1CCC(O)CC1. The molecule has 2 aromatic rings. The molecule has 1 aromatic carbocycles. The van der Waals surface area contributed by atoms with Gasteiger partial charge in [-0.2, -0.15) is 13.2 Å². The van der Waals surface area contributed by atoms with E-state index in [4.69, 9.17) is 0 Å². The Balaban J connectivity index is 1.97. The number of thiazole rings is 1. The van der Waals surface area contributed by atoms with Crippen LogP contribution in [0.25, 0.3) is 10.6 Å². The van der Waals surface area contributed by atoms with Crippen molar-refractivity contribution >= 4 is 17.2 Å². The third kappa shape index (κ3) is 3.44. The van der Waals surface area contributed by atoms with Gasteiger partial charge in [-0.15, -0.1) is 11.3 Å². The van der Waals surface area contributed by atoms with E-state index in [2.05, 4.69) is 4.98 Å². The van der Waals surface area contributed by atoms with Gasteiger partial charge < -0.3 is 10.0 Å². The molecule has 4 nitrogen and oxygen atoms in total. The number of halogens is 3. The first-order chi connectivity index (χ1) is 11.4. The minimum Gasteiger partial charge on any atom is -0.393 e. The molecule has 0 spiro atoms. The van der Waals surface area contributed by atoms with Gasteiger partial charge in [0.05, 0.1) is 6.10 Å². The minimum absolute atomic E-state index is 0.170. The number of rotatable bonds is 2. The second kappa shape index (κ2) is 6.52. The van der Waals surface area contributed by atoms with Gasteiger partial charge in [0, 0.05) is 18.7 Å². The number of aliphatic hydroxyl groups is 1. The average Bonchev–Trinajstić information content (AvgIpc) is 3.01. The molecular formula is C16H15F3N2O2S. The Kier molecular flexibility index (Phi) is 4.60. The zero-order valence-corrected chi connectivity index (χ0v) is 13.4. The fraction of sp³-hybridized carbons (Fsp3) is 0.375. The predicted octanol–water partition coefficient (Wildman–Crippen LogP) is 3.43. The van der Waals surface area contributed by atoms with Crippen molar-refractivity contribution in [2.45, 2.75) is 25.1 Å². The second-order valence-corrected chi connectivity index (χ2v) is 6.58. The summed E-state index contributed by atoms with van der Waals surface area (Å²) in [6.07, 6.45) is -4.45. The van der Waals surface area contributed by atoms with E-state index in [0.29, 0.717) is 18.4 Å². The molecule has 0 radical (unpaired) electrons. The number of nitrogens with zero attached hydrogens (tertiary/aromatic N) is 2. The fourth-order valence-corrected chi connectivity index (χ4v) is 3.63. The molecule has 128 valence electrons. The molecule has 1 aromatic heterocycles. The summed E-state index contributed by atoms with van der Waals surface area (Å²) in [6.45, 7) is 0.492. The molecule has 1 N–H and O–H groups in total. The first-order valence-corrected chi connectivity index (χ1v) is 8.28. The Labute approximate surface area is 140 Å². The van der Waals surface area contributed by atoms with Gasteiger partial charge in [0.25, 0.3) is 5.91 Å². The summed E-state index contributed by atoms with van der Waals surface area (Å²) in [7, 11) is 0. The van der Waals surface area contributed by atoms with E-state index in [9.17, 15) is 23.1 Å². The smallest absolute Gasteiger partial charge is 0.393 e. The lowest BCUT2D eigenvalue weighted by molar-refractivity contribution is -0.141. The molecule has 1 aliphatic rings. The molecule has 1 saturated heterocycles. The molecule has 2 heterocycles. The zero-order chi connectivity index (χ0) is 17.3. The molecule has 1 aliphatic heterocycles. The maximum absolute atomic E-state index is 13.3. The van der Waals surface area contributed by atoms with E-state index < -0.39 is 28.8 Å². The van der Waals surface area contributed by atoms with E-state index in [1.807, 2.05) is 0 Å². The third-order valence-corrected chi connectivity index (χ3v) is 4.95. The maximum Gasteiger partial charge on any atom is 0.435 e. The van der Waals surface area contributed by atoms with Gasteiger partial charge in [-0.1, -0.05) is 30.3 Å². The van der Waals surface area contributed by atoms with Crippen molar-refractivity contribution in [3.05, 3.63) is 40.9 Å². The van der Waals surface area contributed by atoms with E-state index in [-0.39, 0.29) is 18.1 Å². The van der Waals surface area contributed by atoms with Crippen LogP contribution in [0, 0.1) is 0 Å². The van der Waals surface area contributed by atoms with Crippen LogP contribution in [0.5, 0.6) is 0 Å². The summed E-state index contributed by atoms with van der Waals surface area (Å²) in [6, 6.07) is 8.48. The van der Waals surface area contributed by atoms with Crippen molar-refractivity contribution in [3.8, 4) is 10.6 Å². The van der Waals surface area contributed by atoms with Gasteiger partial charge in [-0.3, -0.25) is 4.79 Å². The summed E-state index contributed by atoms with van der Waals surface area (Å²) in [4.78, 5) is 17.2. The molecule has 0 aliphatic carbocycles. The Bertz CT molecular complexity index is 723. The number of carbonyl (C=O) groups excluding carboxylic acids is 1. The Morgan fingerprint density at radius 2 is 1.83 bits per heavy atom. The Hall–Kier alpha value is -1.93. The van der Waals surface area contributed by atoms with Crippen molar-refractivity contribution < 1.29 is 23.1 Å². The molecule has 0 atom stereocenters. The quantitative estimate of drug-likeness (QED) is 0.897. The summed E-state index contributed by atoms with van der Waals surface area (Å²) in [5.41, 5.74) is -0.594. The average molecular weight is 356 g/mol. The largest absolute Gasteiger partial charge is 0.435 e. The normalized spacial score (nSPS) is 16.4. The molecule has 1 amide bonds. The highest BCUT2D eigenvalue weighted by molar-refractivity contribution is 7.17. The molecule has 8 heteroatoms. The van der Waals surface area contributed by atoms with Gasteiger partial charge in [-0.05, 0) is 12.8 Å². The number of amides is 1. The zero-order valence-electron chi connectivity index (χ0n) is 12.6.